The van der Waals surface area contributed by atoms with Gasteiger partial charge in [-0.25, -0.2) is 4.98 Å². The molecule has 8 aromatic carbocycles. The molecule has 5 nitrogen and oxygen atoms in total. The van der Waals surface area contributed by atoms with Gasteiger partial charge in [-0.1, -0.05) is 178 Å². The first kappa shape index (κ1) is 34.2. The van der Waals surface area contributed by atoms with E-state index in [0.29, 0.717) is 17.7 Å². The van der Waals surface area contributed by atoms with Crippen LogP contribution in [0.2, 0.25) is 0 Å². The number of fused-ring (bicyclic) bond motifs is 5. The third-order valence-corrected chi connectivity index (χ3v) is 12.7. The number of hydrogen-bond donors (Lipinski definition) is 0. The second-order valence-corrected chi connectivity index (χ2v) is 17.9. The highest BCUT2D eigenvalue weighted by Crippen LogP contribution is 2.39. The van der Waals surface area contributed by atoms with Crippen molar-refractivity contribution in [1.82, 2.24) is 14.1 Å². The van der Waals surface area contributed by atoms with Gasteiger partial charge in [0.15, 0.2) is 0 Å². The molecule has 0 aliphatic heterocycles. The van der Waals surface area contributed by atoms with Gasteiger partial charge in [0.05, 0.1) is 46.6 Å². The highest BCUT2D eigenvalue weighted by Gasteiger charge is 2.23. The van der Waals surface area contributed by atoms with Gasteiger partial charge in [-0.3, -0.25) is 13.7 Å². The van der Waals surface area contributed by atoms with Crippen molar-refractivity contribution in [2.24, 2.45) is 0 Å². The van der Waals surface area contributed by atoms with Gasteiger partial charge in [-0.15, -0.1) is 0 Å². The molecular formula is C61H46N4O. The van der Waals surface area contributed by atoms with Gasteiger partial charge in [0.25, 0.3) is 6.33 Å². The quantitative estimate of drug-likeness (QED) is 0.113. The number of nitrogens with zero attached hydrogens (tertiary/aromatic N) is 4. The maximum absolute atomic E-state index is 9.23. The second-order valence-electron chi connectivity index (χ2n) is 17.9. The zero-order chi connectivity index (χ0) is 48.7. The minimum absolute atomic E-state index is 0.121. The predicted octanol–water partition coefficient (Wildman–Crippen LogP) is 14.8. The van der Waals surface area contributed by atoms with E-state index in [4.69, 9.17) is 13.5 Å². The van der Waals surface area contributed by atoms with Crippen LogP contribution in [0.4, 0.5) is 0 Å². The van der Waals surface area contributed by atoms with Crippen LogP contribution in [0, 0.1) is 6.33 Å². The summed E-state index contributed by atoms with van der Waals surface area (Å²) in [6.07, 6.45) is 7.95. The van der Waals surface area contributed by atoms with Crippen molar-refractivity contribution >= 4 is 43.8 Å². The Labute approximate surface area is 391 Å². The molecule has 0 fully saturated rings. The molecule has 0 radical (unpaired) electrons. The summed E-state index contributed by atoms with van der Waals surface area (Å²) >= 11 is 0. The Kier molecular flexibility index (Phi) is 8.16. The second kappa shape index (κ2) is 15.8. The average Bonchev–Trinajstić information content (AvgIpc) is 4.11. The Balaban J connectivity index is 1.03. The fourth-order valence-corrected chi connectivity index (χ4v) is 9.42. The van der Waals surface area contributed by atoms with Crippen molar-refractivity contribution < 1.29 is 15.8 Å². The van der Waals surface area contributed by atoms with Gasteiger partial charge in [0.2, 0.25) is 0 Å². The number of pyridine rings is 1. The Morgan fingerprint density at radius 3 is 2.18 bits per heavy atom. The van der Waals surface area contributed by atoms with Crippen LogP contribution in [0.5, 0.6) is 0 Å². The first-order valence-corrected chi connectivity index (χ1v) is 22.2. The summed E-state index contributed by atoms with van der Waals surface area (Å²) < 4.78 is 56.5. The molecule has 4 aromatic heterocycles. The average molecular weight is 856 g/mol. The normalized spacial score (nSPS) is 13.0. The number of hydrogen-bond acceptors (Lipinski definition) is 2. The molecule has 0 atom stereocenters. The van der Waals surface area contributed by atoms with Crippen molar-refractivity contribution in [3.8, 4) is 50.6 Å². The van der Waals surface area contributed by atoms with Crippen LogP contribution in [0.25, 0.3) is 94.4 Å². The van der Waals surface area contributed by atoms with Gasteiger partial charge >= 0.3 is 0 Å². The highest BCUT2D eigenvalue weighted by atomic mass is 16.3. The maximum atomic E-state index is 9.23. The van der Waals surface area contributed by atoms with Crippen molar-refractivity contribution in [3.63, 3.8) is 0 Å². The summed E-state index contributed by atoms with van der Waals surface area (Å²) in [6.45, 7) is 6.61. The lowest BCUT2D eigenvalue weighted by Crippen LogP contribution is -2.31. The van der Waals surface area contributed by atoms with Crippen molar-refractivity contribution in [2.75, 3.05) is 0 Å². The molecule has 66 heavy (non-hydrogen) atoms. The molecule has 0 aliphatic rings. The zero-order valence-corrected chi connectivity index (χ0v) is 36.7. The molecule has 0 aliphatic carbocycles. The standard InChI is InChI=1S/C61H46N4O/c1-61(2,3)48-36-46(43-17-6-4-7-18-43)35-47(37-48)51-24-15-23-50(44-19-8-5-9-20-44)60(51)64-40-63(55-26-12-13-27-56(55)64)49-21-14-16-41(33-49)32-42-28-29-53-52-22-10-11-25-54(52)65(57(53)34-42)59-38-58-45(39-62-59)30-31-66-58/h4-31,33-39H,32H2,1-3H3/i5D,8D,9D,19D,20D. The van der Waals surface area contributed by atoms with E-state index < -0.39 is 6.04 Å². The van der Waals surface area contributed by atoms with Crippen LogP contribution in [-0.4, -0.2) is 14.1 Å². The topological polar surface area (TPSA) is 39.8 Å². The fourth-order valence-electron chi connectivity index (χ4n) is 9.42. The number of imidazole rings is 1. The lowest BCUT2D eigenvalue weighted by molar-refractivity contribution is -0.571. The SMILES string of the molecule is [2H]c1c([2H])c([2H])c(-c2cccc(-c3cc(-c4ccccc4)cc(C(C)(C)C)c3)c2-[n+]2[c-]n(-c3cccc(Cc4ccc5c6ccccc6n(-c6cc7occc7cn6)c5c4)c3)c3ccccc32)c([2H])c1[2H]. The van der Waals surface area contributed by atoms with E-state index in [1.54, 1.807) is 6.26 Å². The van der Waals surface area contributed by atoms with E-state index in [-0.39, 0.29) is 35.1 Å². The van der Waals surface area contributed by atoms with Crippen LogP contribution in [0.15, 0.2) is 217 Å². The maximum Gasteiger partial charge on any atom is 0.269 e. The van der Waals surface area contributed by atoms with Crippen LogP contribution in [0.3, 0.4) is 0 Å². The van der Waals surface area contributed by atoms with Crippen LogP contribution >= 0.6 is 0 Å². The van der Waals surface area contributed by atoms with Crippen molar-refractivity contribution in [2.45, 2.75) is 32.6 Å². The third kappa shape index (κ3) is 6.88. The Hall–Kier alpha value is -8.28. The molecule has 0 spiro atoms. The lowest BCUT2D eigenvalue weighted by Gasteiger charge is -2.23. The summed E-state index contributed by atoms with van der Waals surface area (Å²) in [7, 11) is 0. The number of benzene rings is 8. The molecule has 0 unspecified atom stereocenters. The molecule has 0 N–H and O–H groups in total. The van der Waals surface area contributed by atoms with E-state index in [0.717, 1.165) is 94.3 Å². The number of aromatic nitrogens is 4. The molecule has 4 heterocycles. The summed E-state index contributed by atoms with van der Waals surface area (Å²) in [5.41, 5.74) is 13.8. The van der Waals surface area contributed by atoms with E-state index in [2.05, 4.69) is 145 Å². The van der Waals surface area contributed by atoms with Gasteiger partial charge in [-0.05, 0) is 98.3 Å². The molecule has 0 bridgehead atoms. The Morgan fingerprint density at radius 1 is 0.606 bits per heavy atom. The fraction of sp³-hybridized carbons (Fsp3) is 0.0820. The number of furan rings is 1. The van der Waals surface area contributed by atoms with Gasteiger partial charge in [0.1, 0.15) is 11.4 Å². The summed E-state index contributed by atoms with van der Waals surface area (Å²) in [6, 6.07) is 56.6. The summed E-state index contributed by atoms with van der Waals surface area (Å²) in [5, 5.41) is 3.24. The molecule has 5 heteroatoms. The largest absolute Gasteiger partial charge is 0.464 e. The first-order valence-electron chi connectivity index (χ1n) is 24.7. The van der Waals surface area contributed by atoms with E-state index in [9.17, 15) is 2.74 Å². The van der Waals surface area contributed by atoms with Gasteiger partial charge < -0.3 is 4.42 Å². The predicted molar refractivity (Wildman–Crippen MR) is 270 cm³/mol. The molecule has 316 valence electrons. The minimum Gasteiger partial charge on any atom is -0.464 e. The van der Waals surface area contributed by atoms with E-state index >= 15 is 0 Å². The molecule has 0 saturated heterocycles. The zero-order valence-electron chi connectivity index (χ0n) is 41.7. The summed E-state index contributed by atoms with van der Waals surface area (Å²) in [5.74, 6) is 0.788. The van der Waals surface area contributed by atoms with E-state index in [1.165, 1.54) is 0 Å². The summed E-state index contributed by atoms with van der Waals surface area (Å²) in [4.78, 5) is 4.88. The lowest BCUT2D eigenvalue weighted by atomic mass is 9.82. The number of rotatable bonds is 8. The molecule has 12 aromatic rings. The molecular weight excluding hydrogens is 805 g/mol. The van der Waals surface area contributed by atoms with Crippen molar-refractivity contribution in [1.29, 1.82) is 0 Å². The Bertz CT molecular complexity index is 4060. The number of para-hydroxylation sites is 4. The Morgan fingerprint density at radius 2 is 1.33 bits per heavy atom. The highest BCUT2D eigenvalue weighted by molar-refractivity contribution is 6.09. The van der Waals surface area contributed by atoms with Gasteiger partial charge in [-0.2, -0.15) is 0 Å². The smallest absolute Gasteiger partial charge is 0.269 e. The van der Waals surface area contributed by atoms with E-state index in [1.807, 2.05) is 71.4 Å². The molecule has 12 rings (SSSR count). The monoisotopic (exact) mass is 855 g/mol. The first-order chi connectivity index (χ1) is 34.4. The third-order valence-electron chi connectivity index (χ3n) is 12.7. The van der Waals surface area contributed by atoms with Crippen LogP contribution in [-0.2, 0) is 11.8 Å². The van der Waals surface area contributed by atoms with Crippen LogP contribution in [0.1, 0.15) is 44.3 Å². The van der Waals surface area contributed by atoms with Gasteiger partial charge in [0, 0.05) is 28.4 Å². The van der Waals surface area contributed by atoms with Crippen molar-refractivity contribution in [3.05, 3.63) is 236 Å². The molecule has 0 amide bonds. The van der Waals surface area contributed by atoms with Crippen LogP contribution < -0.4 is 4.57 Å². The minimum atomic E-state index is -0.436. The molecule has 0 saturated carbocycles.